The normalized spacial score (nSPS) is 10.3. The summed E-state index contributed by atoms with van der Waals surface area (Å²) in [7, 11) is 0. The molecule has 0 aromatic carbocycles. The molecule has 0 atom stereocenters. The van der Waals surface area contributed by atoms with Crippen LogP contribution in [0.1, 0.15) is 10.4 Å². The Morgan fingerprint density at radius 1 is 1.40 bits per heavy atom. The van der Waals surface area contributed by atoms with Crippen LogP contribution < -0.4 is 5.32 Å². The number of thiophene rings is 1. The average molecular weight is 222 g/mol. The maximum Gasteiger partial charge on any atom is 0.214 e. The van der Waals surface area contributed by atoms with Crippen molar-refractivity contribution in [2.45, 2.75) is 13.5 Å². The quantitative estimate of drug-likeness (QED) is 0.807. The van der Waals surface area contributed by atoms with Crippen molar-refractivity contribution in [1.82, 2.24) is 4.98 Å². The topological polar surface area (TPSA) is 24.9 Å². The van der Waals surface area contributed by atoms with Crippen LogP contribution in [0.4, 0.5) is 10.2 Å². The molecule has 0 aliphatic heterocycles. The third-order valence-corrected chi connectivity index (χ3v) is 3.14. The fourth-order valence-electron chi connectivity index (χ4n) is 1.26. The Balaban J connectivity index is 2.02. The molecule has 0 bridgehead atoms. The van der Waals surface area contributed by atoms with E-state index in [0.717, 1.165) is 0 Å². The summed E-state index contributed by atoms with van der Waals surface area (Å²) < 4.78 is 12.8. The number of anilines is 1. The van der Waals surface area contributed by atoms with Crippen LogP contribution in [0.25, 0.3) is 0 Å². The van der Waals surface area contributed by atoms with Gasteiger partial charge in [0.2, 0.25) is 5.95 Å². The second kappa shape index (κ2) is 4.40. The van der Waals surface area contributed by atoms with Crippen molar-refractivity contribution in [3.8, 4) is 0 Å². The van der Waals surface area contributed by atoms with Crippen LogP contribution in [0.3, 0.4) is 0 Å². The fourth-order valence-corrected chi connectivity index (χ4v) is 2.11. The molecule has 2 rings (SSSR count). The van der Waals surface area contributed by atoms with E-state index in [2.05, 4.69) is 23.3 Å². The van der Waals surface area contributed by atoms with Crippen molar-refractivity contribution >= 4 is 17.2 Å². The van der Waals surface area contributed by atoms with Crippen molar-refractivity contribution in [3.05, 3.63) is 46.0 Å². The number of nitrogens with one attached hydrogen (secondary N) is 1. The van der Waals surface area contributed by atoms with E-state index in [1.54, 1.807) is 23.5 Å². The summed E-state index contributed by atoms with van der Waals surface area (Å²) in [5, 5.41) is 5.13. The van der Waals surface area contributed by atoms with Crippen LogP contribution in [0, 0.1) is 12.9 Å². The highest BCUT2D eigenvalue weighted by atomic mass is 32.1. The molecule has 78 valence electrons. The van der Waals surface area contributed by atoms with Crippen LogP contribution >= 0.6 is 11.3 Å². The van der Waals surface area contributed by atoms with Gasteiger partial charge in [0.25, 0.3) is 0 Å². The van der Waals surface area contributed by atoms with Crippen LogP contribution in [0.5, 0.6) is 0 Å². The van der Waals surface area contributed by atoms with Crippen molar-refractivity contribution < 1.29 is 4.39 Å². The first-order valence-corrected chi connectivity index (χ1v) is 5.53. The van der Waals surface area contributed by atoms with Gasteiger partial charge in [-0.1, -0.05) is 6.07 Å². The number of hydrogen-bond donors (Lipinski definition) is 1. The summed E-state index contributed by atoms with van der Waals surface area (Å²) in [6.45, 7) is 2.76. The summed E-state index contributed by atoms with van der Waals surface area (Å²) in [6, 6.07) is 6.81. The molecule has 0 saturated heterocycles. The van der Waals surface area contributed by atoms with Gasteiger partial charge in [-0.25, -0.2) is 4.98 Å². The minimum atomic E-state index is -0.456. The minimum absolute atomic E-state index is 0.456. The van der Waals surface area contributed by atoms with E-state index in [1.165, 1.54) is 16.5 Å². The zero-order valence-corrected chi connectivity index (χ0v) is 9.14. The second-order valence-corrected chi connectivity index (χ2v) is 4.23. The average Bonchev–Trinajstić information content (AvgIpc) is 2.61. The molecule has 0 unspecified atom stereocenters. The van der Waals surface area contributed by atoms with E-state index >= 15 is 0 Å². The Labute approximate surface area is 91.8 Å². The summed E-state index contributed by atoms with van der Waals surface area (Å²) in [6.07, 6.45) is 0. The highest BCUT2D eigenvalue weighted by molar-refractivity contribution is 7.10. The molecule has 2 nitrogen and oxygen atoms in total. The lowest BCUT2D eigenvalue weighted by molar-refractivity contribution is 0.585. The van der Waals surface area contributed by atoms with Crippen molar-refractivity contribution in [2.75, 3.05) is 5.32 Å². The lowest BCUT2D eigenvalue weighted by atomic mass is 10.3. The number of hydrogen-bond acceptors (Lipinski definition) is 3. The molecule has 4 heteroatoms. The lowest BCUT2D eigenvalue weighted by Crippen LogP contribution is -2.01. The Morgan fingerprint density at radius 2 is 2.27 bits per heavy atom. The van der Waals surface area contributed by atoms with Gasteiger partial charge in [0.15, 0.2) is 0 Å². The molecule has 2 heterocycles. The summed E-state index contributed by atoms with van der Waals surface area (Å²) >= 11 is 1.69. The highest BCUT2D eigenvalue weighted by Crippen LogP contribution is 2.16. The summed E-state index contributed by atoms with van der Waals surface area (Å²) in [5.74, 6) is 0.116. The molecule has 0 radical (unpaired) electrons. The number of aromatic nitrogens is 1. The molecule has 15 heavy (non-hydrogen) atoms. The maximum atomic E-state index is 12.8. The number of aryl methyl sites for hydroxylation is 1. The van der Waals surface area contributed by atoms with Crippen LogP contribution in [-0.4, -0.2) is 4.98 Å². The molecule has 0 saturated carbocycles. The van der Waals surface area contributed by atoms with Crippen molar-refractivity contribution in [3.63, 3.8) is 0 Å². The summed E-state index contributed by atoms with van der Waals surface area (Å²) in [4.78, 5) is 4.98. The molecule has 2 aromatic rings. The summed E-state index contributed by atoms with van der Waals surface area (Å²) in [5.41, 5.74) is 1.25. The first kappa shape index (κ1) is 10.1. The standard InChI is InChI=1S/C11H11FN2S/c1-8-5-6-15-9(8)7-13-11-4-2-3-10(12)14-11/h2-6H,7H2,1H3,(H,13,14). The van der Waals surface area contributed by atoms with Gasteiger partial charge in [-0.2, -0.15) is 4.39 Å². The van der Waals surface area contributed by atoms with Crippen LogP contribution in [-0.2, 0) is 6.54 Å². The zero-order valence-electron chi connectivity index (χ0n) is 8.33. The van der Waals surface area contributed by atoms with Gasteiger partial charge in [0, 0.05) is 4.88 Å². The lowest BCUT2D eigenvalue weighted by Gasteiger charge is -2.04. The SMILES string of the molecule is Cc1ccsc1CNc1cccc(F)n1. The highest BCUT2D eigenvalue weighted by Gasteiger charge is 2.00. The smallest absolute Gasteiger partial charge is 0.214 e. The van der Waals surface area contributed by atoms with Crippen molar-refractivity contribution in [1.29, 1.82) is 0 Å². The molecule has 0 aliphatic rings. The van der Waals surface area contributed by atoms with E-state index in [0.29, 0.717) is 12.4 Å². The Bertz CT molecular complexity index is 453. The predicted molar refractivity (Wildman–Crippen MR) is 60.6 cm³/mol. The van der Waals surface area contributed by atoms with E-state index in [-0.39, 0.29) is 0 Å². The Morgan fingerprint density at radius 3 is 2.93 bits per heavy atom. The minimum Gasteiger partial charge on any atom is -0.365 e. The van der Waals surface area contributed by atoms with E-state index in [1.807, 2.05) is 5.38 Å². The van der Waals surface area contributed by atoms with E-state index in [4.69, 9.17) is 0 Å². The fraction of sp³-hybridized carbons (Fsp3) is 0.182. The van der Waals surface area contributed by atoms with Gasteiger partial charge in [-0.3, -0.25) is 0 Å². The van der Waals surface area contributed by atoms with Gasteiger partial charge in [-0.15, -0.1) is 11.3 Å². The molecular formula is C11H11FN2S. The number of rotatable bonds is 3. The largest absolute Gasteiger partial charge is 0.365 e. The first-order valence-electron chi connectivity index (χ1n) is 4.65. The van der Waals surface area contributed by atoms with Gasteiger partial charge >= 0.3 is 0 Å². The zero-order chi connectivity index (χ0) is 10.7. The van der Waals surface area contributed by atoms with Gasteiger partial charge in [-0.05, 0) is 36.1 Å². The molecule has 1 N–H and O–H groups in total. The van der Waals surface area contributed by atoms with Gasteiger partial charge in [0.05, 0.1) is 6.54 Å². The monoisotopic (exact) mass is 222 g/mol. The number of pyridine rings is 1. The molecule has 2 aromatic heterocycles. The molecule has 0 amide bonds. The second-order valence-electron chi connectivity index (χ2n) is 3.23. The van der Waals surface area contributed by atoms with Crippen LogP contribution in [0.15, 0.2) is 29.6 Å². The van der Waals surface area contributed by atoms with E-state index in [9.17, 15) is 4.39 Å². The number of nitrogens with zero attached hydrogens (tertiary/aromatic N) is 1. The van der Waals surface area contributed by atoms with E-state index < -0.39 is 5.95 Å². The Kier molecular flexibility index (Phi) is 2.97. The molecule has 0 spiro atoms. The molecule has 0 fully saturated rings. The van der Waals surface area contributed by atoms with Gasteiger partial charge in [0.1, 0.15) is 5.82 Å². The third-order valence-electron chi connectivity index (χ3n) is 2.11. The molecule has 0 aliphatic carbocycles. The van der Waals surface area contributed by atoms with Crippen LogP contribution in [0.2, 0.25) is 0 Å². The third kappa shape index (κ3) is 2.53. The molecular weight excluding hydrogens is 211 g/mol. The predicted octanol–water partition coefficient (Wildman–Crippen LogP) is 3.20. The first-order chi connectivity index (χ1) is 7.25. The van der Waals surface area contributed by atoms with Gasteiger partial charge < -0.3 is 5.32 Å². The van der Waals surface area contributed by atoms with Crippen molar-refractivity contribution in [2.24, 2.45) is 0 Å². The maximum absolute atomic E-state index is 12.8. The Hall–Kier alpha value is -1.42. The number of halogens is 1.